The number of carbonyl (C=O) groups is 1. The van der Waals surface area contributed by atoms with E-state index in [1.54, 1.807) is 18.2 Å². The Hall–Kier alpha value is -2.67. The summed E-state index contributed by atoms with van der Waals surface area (Å²) in [4.78, 5) is 12.3. The van der Waals surface area contributed by atoms with Crippen LogP contribution in [-0.2, 0) is 21.1 Å². The maximum Gasteiger partial charge on any atom is 0.230 e. The van der Waals surface area contributed by atoms with E-state index < -0.39 is 9.84 Å². The number of sulfone groups is 1. The van der Waals surface area contributed by atoms with Gasteiger partial charge in [-0.05, 0) is 36.4 Å². The summed E-state index contributed by atoms with van der Waals surface area (Å²) in [5.74, 6) is -0.254. The Bertz CT molecular complexity index is 959. The van der Waals surface area contributed by atoms with E-state index in [9.17, 15) is 13.2 Å². The lowest BCUT2D eigenvalue weighted by Crippen LogP contribution is -2.14. The van der Waals surface area contributed by atoms with Crippen molar-refractivity contribution in [2.75, 3.05) is 11.6 Å². The van der Waals surface area contributed by atoms with E-state index in [4.69, 9.17) is 4.52 Å². The van der Waals surface area contributed by atoms with Crippen LogP contribution in [0.4, 0.5) is 5.69 Å². The number of benzene rings is 2. The summed E-state index contributed by atoms with van der Waals surface area (Å²) in [5.41, 5.74) is 1.72. The molecule has 118 valence electrons. The second-order valence-corrected chi connectivity index (χ2v) is 7.16. The fourth-order valence-corrected chi connectivity index (χ4v) is 2.84. The molecule has 0 spiro atoms. The number of rotatable bonds is 4. The number of nitrogens with zero attached hydrogens (tertiary/aromatic N) is 1. The van der Waals surface area contributed by atoms with Gasteiger partial charge in [0.15, 0.2) is 15.4 Å². The average Bonchev–Trinajstić information content (AvgIpc) is 2.90. The standard InChI is InChI=1S/C16H14N2O4S/c1-23(20,21)12-8-6-11(7-9-12)17-16(19)10-14-13-4-2-3-5-15(13)22-18-14/h2-9H,10H2,1H3,(H,17,19). The van der Waals surface area contributed by atoms with Crippen molar-refractivity contribution < 1.29 is 17.7 Å². The summed E-state index contributed by atoms with van der Waals surface area (Å²) in [6.45, 7) is 0. The Morgan fingerprint density at radius 3 is 2.52 bits per heavy atom. The molecule has 1 amide bonds. The van der Waals surface area contributed by atoms with E-state index in [1.165, 1.54) is 12.1 Å². The van der Waals surface area contributed by atoms with E-state index in [0.717, 1.165) is 11.6 Å². The quantitative estimate of drug-likeness (QED) is 0.793. The summed E-state index contributed by atoms with van der Waals surface area (Å²) >= 11 is 0. The van der Waals surface area contributed by atoms with Gasteiger partial charge in [0, 0.05) is 17.3 Å². The highest BCUT2D eigenvalue weighted by Gasteiger charge is 2.12. The molecule has 7 heteroatoms. The summed E-state index contributed by atoms with van der Waals surface area (Å²) < 4.78 is 27.9. The number of hydrogen-bond acceptors (Lipinski definition) is 5. The first-order valence-corrected chi connectivity index (χ1v) is 8.76. The van der Waals surface area contributed by atoms with Gasteiger partial charge in [0.05, 0.1) is 11.3 Å². The fourth-order valence-electron chi connectivity index (χ4n) is 2.21. The highest BCUT2D eigenvalue weighted by molar-refractivity contribution is 7.90. The van der Waals surface area contributed by atoms with Gasteiger partial charge < -0.3 is 9.84 Å². The molecule has 23 heavy (non-hydrogen) atoms. The van der Waals surface area contributed by atoms with Gasteiger partial charge in [-0.3, -0.25) is 4.79 Å². The molecule has 6 nitrogen and oxygen atoms in total. The SMILES string of the molecule is CS(=O)(=O)c1ccc(NC(=O)Cc2noc3ccccc23)cc1. The van der Waals surface area contributed by atoms with Crippen LogP contribution in [0.25, 0.3) is 11.0 Å². The monoisotopic (exact) mass is 330 g/mol. The summed E-state index contributed by atoms with van der Waals surface area (Å²) in [6, 6.07) is 13.3. The molecule has 1 heterocycles. The van der Waals surface area contributed by atoms with Gasteiger partial charge in [-0.2, -0.15) is 0 Å². The fraction of sp³-hybridized carbons (Fsp3) is 0.125. The molecule has 0 aliphatic rings. The first kappa shape index (κ1) is 15.2. The number of anilines is 1. The van der Waals surface area contributed by atoms with Crippen LogP contribution in [0.5, 0.6) is 0 Å². The maximum atomic E-state index is 12.1. The highest BCUT2D eigenvalue weighted by atomic mass is 32.2. The van der Waals surface area contributed by atoms with Gasteiger partial charge >= 0.3 is 0 Å². The molecule has 0 aliphatic heterocycles. The lowest BCUT2D eigenvalue weighted by atomic mass is 10.1. The van der Waals surface area contributed by atoms with Gasteiger partial charge in [0.1, 0.15) is 5.69 Å². The number of para-hydroxylation sites is 1. The number of hydrogen-bond donors (Lipinski definition) is 1. The first-order valence-electron chi connectivity index (χ1n) is 6.87. The first-order chi connectivity index (χ1) is 10.9. The van der Waals surface area contributed by atoms with Gasteiger partial charge in [-0.25, -0.2) is 8.42 Å². The van der Waals surface area contributed by atoms with Crippen LogP contribution >= 0.6 is 0 Å². The van der Waals surface area contributed by atoms with Gasteiger partial charge in [0.2, 0.25) is 5.91 Å². The highest BCUT2D eigenvalue weighted by Crippen LogP contribution is 2.19. The maximum absolute atomic E-state index is 12.1. The lowest BCUT2D eigenvalue weighted by molar-refractivity contribution is -0.115. The second kappa shape index (κ2) is 5.85. The largest absolute Gasteiger partial charge is 0.356 e. The zero-order valence-electron chi connectivity index (χ0n) is 12.3. The van der Waals surface area contributed by atoms with Crippen molar-refractivity contribution in [2.24, 2.45) is 0 Å². The van der Waals surface area contributed by atoms with E-state index in [-0.39, 0.29) is 17.2 Å². The van der Waals surface area contributed by atoms with E-state index in [1.807, 2.05) is 18.2 Å². The topological polar surface area (TPSA) is 89.3 Å². The van der Waals surface area contributed by atoms with Crippen LogP contribution in [-0.4, -0.2) is 25.7 Å². The van der Waals surface area contributed by atoms with E-state index in [2.05, 4.69) is 10.5 Å². The molecule has 3 rings (SSSR count). The number of fused-ring (bicyclic) bond motifs is 1. The van der Waals surface area contributed by atoms with Crippen LogP contribution < -0.4 is 5.32 Å². The Labute approximate surface area is 133 Å². The van der Waals surface area contributed by atoms with Crippen molar-refractivity contribution in [1.29, 1.82) is 0 Å². The molecule has 2 aromatic carbocycles. The molecule has 1 aromatic heterocycles. The van der Waals surface area contributed by atoms with E-state index >= 15 is 0 Å². The van der Waals surface area contributed by atoms with Gasteiger partial charge in [0.25, 0.3) is 0 Å². The third-order valence-electron chi connectivity index (χ3n) is 3.35. The number of amides is 1. The molecule has 0 atom stereocenters. The normalized spacial score (nSPS) is 11.5. The Morgan fingerprint density at radius 1 is 1.13 bits per heavy atom. The number of nitrogens with one attached hydrogen (secondary N) is 1. The zero-order valence-corrected chi connectivity index (χ0v) is 13.1. The molecule has 0 radical (unpaired) electrons. The molecule has 0 unspecified atom stereocenters. The van der Waals surface area contributed by atoms with Crippen molar-refractivity contribution in [3.63, 3.8) is 0 Å². The average molecular weight is 330 g/mol. The van der Waals surface area contributed by atoms with Crippen LogP contribution in [0.3, 0.4) is 0 Å². The zero-order chi connectivity index (χ0) is 16.4. The molecule has 0 saturated carbocycles. The summed E-state index contributed by atoms with van der Waals surface area (Å²) in [6.07, 6.45) is 1.21. The molecule has 3 aromatic rings. The summed E-state index contributed by atoms with van der Waals surface area (Å²) in [5, 5.41) is 7.42. The van der Waals surface area contributed by atoms with Crippen molar-refractivity contribution in [1.82, 2.24) is 5.16 Å². The van der Waals surface area contributed by atoms with Crippen molar-refractivity contribution >= 4 is 32.4 Å². The van der Waals surface area contributed by atoms with Crippen LogP contribution in [0.1, 0.15) is 5.69 Å². The van der Waals surface area contributed by atoms with Crippen LogP contribution in [0.15, 0.2) is 57.9 Å². The molecule has 0 fully saturated rings. The molecule has 0 saturated heterocycles. The number of aromatic nitrogens is 1. The predicted octanol–water partition coefficient (Wildman–Crippen LogP) is 2.41. The minimum absolute atomic E-state index is 0.0742. The molecular formula is C16H14N2O4S. The minimum Gasteiger partial charge on any atom is -0.356 e. The smallest absolute Gasteiger partial charge is 0.230 e. The summed E-state index contributed by atoms with van der Waals surface area (Å²) in [7, 11) is -3.25. The number of carbonyl (C=O) groups excluding carboxylic acids is 1. The van der Waals surface area contributed by atoms with Gasteiger partial charge in [-0.1, -0.05) is 17.3 Å². The van der Waals surface area contributed by atoms with Crippen molar-refractivity contribution in [3.05, 3.63) is 54.2 Å². The lowest BCUT2D eigenvalue weighted by Gasteiger charge is -2.05. The third kappa shape index (κ3) is 3.40. The predicted molar refractivity (Wildman–Crippen MR) is 85.9 cm³/mol. The Morgan fingerprint density at radius 2 is 1.83 bits per heavy atom. The molecule has 0 bridgehead atoms. The minimum atomic E-state index is -3.25. The van der Waals surface area contributed by atoms with Crippen molar-refractivity contribution in [3.8, 4) is 0 Å². The van der Waals surface area contributed by atoms with Crippen LogP contribution in [0.2, 0.25) is 0 Å². The molecule has 1 N–H and O–H groups in total. The van der Waals surface area contributed by atoms with Crippen molar-refractivity contribution in [2.45, 2.75) is 11.3 Å². The van der Waals surface area contributed by atoms with Crippen LogP contribution in [0, 0.1) is 0 Å². The van der Waals surface area contributed by atoms with Gasteiger partial charge in [-0.15, -0.1) is 0 Å². The Balaban J connectivity index is 1.72. The molecule has 0 aliphatic carbocycles. The second-order valence-electron chi connectivity index (χ2n) is 5.15. The van der Waals surface area contributed by atoms with E-state index in [0.29, 0.717) is 17.0 Å². The molecular weight excluding hydrogens is 316 g/mol. The third-order valence-corrected chi connectivity index (χ3v) is 4.47. The Kier molecular flexibility index (Phi) is 3.87.